The van der Waals surface area contributed by atoms with Gasteiger partial charge >= 0.3 is 0 Å². The van der Waals surface area contributed by atoms with E-state index in [1.807, 2.05) is 12.1 Å². The Morgan fingerprint density at radius 2 is 2.09 bits per heavy atom. The number of fused-ring (bicyclic) bond motifs is 1. The summed E-state index contributed by atoms with van der Waals surface area (Å²) >= 11 is 6.02. The number of para-hydroxylation sites is 1. The van der Waals surface area contributed by atoms with E-state index >= 15 is 0 Å². The molecule has 0 aliphatic carbocycles. The normalized spacial score (nSPS) is 14.3. The summed E-state index contributed by atoms with van der Waals surface area (Å²) in [6, 6.07) is 12.8. The molecule has 0 atom stereocenters. The highest BCUT2D eigenvalue weighted by atomic mass is 35.5. The minimum atomic E-state index is -0.354. The molecule has 5 nitrogen and oxygen atoms in total. The molecule has 2 aromatic carbocycles. The maximum Gasteiger partial charge on any atom is 0.274 e. The molecule has 1 heterocycles. The summed E-state index contributed by atoms with van der Waals surface area (Å²) in [5.41, 5.74) is 3.06. The topological polar surface area (TPSA) is 58.4 Å². The predicted molar refractivity (Wildman–Crippen MR) is 87.3 cm³/mol. The smallest absolute Gasteiger partial charge is 0.274 e. The highest BCUT2D eigenvalue weighted by Crippen LogP contribution is 2.28. The van der Waals surface area contributed by atoms with Crippen LogP contribution in [0.1, 0.15) is 11.1 Å². The van der Waals surface area contributed by atoms with Gasteiger partial charge in [0, 0.05) is 43.0 Å². The van der Waals surface area contributed by atoms with E-state index < -0.39 is 0 Å². The molecule has 1 aliphatic heterocycles. The second kappa shape index (κ2) is 6.34. The van der Waals surface area contributed by atoms with E-state index in [0.717, 1.165) is 25.3 Å². The first-order chi connectivity index (χ1) is 10.6. The molecule has 2 aromatic rings. The van der Waals surface area contributed by atoms with Gasteiger partial charge in [0.05, 0.1) is 10.5 Å². The van der Waals surface area contributed by atoms with Crippen molar-refractivity contribution in [2.45, 2.75) is 13.1 Å². The zero-order chi connectivity index (χ0) is 15.5. The van der Waals surface area contributed by atoms with Crippen LogP contribution in [0.5, 0.6) is 0 Å². The first-order valence-electron chi connectivity index (χ1n) is 7.11. The zero-order valence-electron chi connectivity index (χ0n) is 12.0. The largest absolute Gasteiger partial charge is 0.365 e. The van der Waals surface area contributed by atoms with Crippen molar-refractivity contribution in [2.75, 3.05) is 18.0 Å². The minimum Gasteiger partial charge on any atom is -0.365 e. The molecule has 0 unspecified atom stereocenters. The number of halogens is 1. The molecule has 1 N–H and O–H groups in total. The number of nitrogens with zero attached hydrogens (tertiary/aromatic N) is 2. The predicted octanol–water partition coefficient (Wildman–Crippen LogP) is 3.36. The molecule has 0 radical (unpaired) electrons. The van der Waals surface area contributed by atoms with Crippen molar-refractivity contribution >= 4 is 23.0 Å². The third kappa shape index (κ3) is 3.05. The van der Waals surface area contributed by atoms with Gasteiger partial charge in [0.2, 0.25) is 0 Å². The lowest BCUT2D eigenvalue weighted by Gasteiger charge is -2.24. The van der Waals surface area contributed by atoms with Crippen LogP contribution in [0.2, 0.25) is 5.02 Å². The first-order valence-corrected chi connectivity index (χ1v) is 7.49. The van der Waals surface area contributed by atoms with Crippen molar-refractivity contribution in [3.05, 3.63) is 68.7 Å². The number of nitrogens with one attached hydrogen (secondary N) is 1. The van der Waals surface area contributed by atoms with E-state index in [2.05, 4.69) is 22.3 Å². The van der Waals surface area contributed by atoms with Gasteiger partial charge in [-0.15, -0.1) is 0 Å². The second-order valence-electron chi connectivity index (χ2n) is 5.26. The molecule has 0 amide bonds. The number of anilines is 1. The average molecular weight is 318 g/mol. The van der Waals surface area contributed by atoms with Gasteiger partial charge < -0.3 is 10.2 Å². The van der Waals surface area contributed by atoms with Crippen LogP contribution in [0.25, 0.3) is 0 Å². The fourth-order valence-electron chi connectivity index (χ4n) is 2.76. The molecule has 0 bridgehead atoms. The fourth-order valence-corrected chi connectivity index (χ4v) is 2.95. The lowest BCUT2D eigenvalue weighted by Crippen LogP contribution is -2.28. The number of rotatable bonds is 3. The van der Waals surface area contributed by atoms with Crippen LogP contribution in [-0.4, -0.2) is 18.0 Å². The molecular formula is C16H16ClN3O2. The first kappa shape index (κ1) is 14.8. The number of hydrogen-bond donors (Lipinski definition) is 1. The van der Waals surface area contributed by atoms with Gasteiger partial charge in [0.25, 0.3) is 5.69 Å². The number of nitro benzene ring substituents is 1. The van der Waals surface area contributed by atoms with Crippen molar-refractivity contribution in [3.8, 4) is 0 Å². The van der Waals surface area contributed by atoms with Crippen LogP contribution in [0.15, 0.2) is 42.5 Å². The van der Waals surface area contributed by atoms with Crippen LogP contribution in [0.4, 0.5) is 11.4 Å². The molecule has 3 rings (SSSR count). The Morgan fingerprint density at radius 3 is 2.91 bits per heavy atom. The zero-order valence-corrected chi connectivity index (χ0v) is 12.7. The van der Waals surface area contributed by atoms with Gasteiger partial charge in [0.1, 0.15) is 0 Å². The molecular weight excluding hydrogens is 302 g/mol. The lowest BCUT2D eigenvalue weighted by atomic mass is 10.1. The standard InChI is InChI=1S/C16H16ClN3O2/c17-14-5-6-16(20(21)22)13(9-14)11-19-8-7-18-10-12-3-1-2-4-15(12)19/h1-6,9,18H,7-8,10-11H2. The van der Waals surface area contributed by atoms with Crippen molar-refractivity contribution in [3.63, 3.8) is 0 Å². The summed E-state index contributed by atoms with van der Waals surface area (Å²) in [4.78, 5) is 13.0. The van der Waals surface area contributed by atoms with E-state index in [4.69, 9.17) is 11.6 Å². The minimum absolute atomic E-state index is 0.110. The molecule has 6 heteroatoms. The number of nitro groups is 1. The molecule has 0 saturated carbocycles. The quantitative estimate of drug-likeness (QED) is 0.696. The summed E-state index contributed by atoms with van der Waals surface area (Å²) in [6.45, 7) is 2.91. The molecule has 22 heavy (non-hydrogen) atoms. The molecule has 0 spiro atoms. The SMILES string of the molecule is O=[N+]([O-])c1ccc(Cl)cc1CN1CCNCc2ccccc21. The summed E-state index contributed by atoms with van der Waals surface area (Å²) < 4.78 is 0. The van der Waals surface area contributed by atoms with Gasteiger partial charge in [-0.3, -0.25) is 10.1 Å². The Bertz CT molecular complexity index is 706. The molecule has 0 saturated heterocycles. The molecule has 0 fully saturated rings. The van der Waals surface area contributed by atoms with Crippen LogP contribution < -0.4 is 10.2 Å². The number of hydrogen-bond acceptors (Lipinski definition) is 4. The summed E-state index contributed by atoms with van der Waals surface area (Å²) in [7, 11) is 0. The van der Waals surface area contributed by atoms with Gasteiger partial charge in [-0.1, -0.05) is 29.8 Å². The monoisotopic (exact) mass is 317 g/mol. The maximum absolute atomic E-state index is 11.2. The highest BCUT2D eigenvalue weighted by Gasteiger charge is 2.20. The maximum atomic E-state index is 11.2. The summed E-state index contributed by atoms with van der Waals surface area (Å²) in [5, 5.41) is 15.1. The lowest BCUT2D eigenvalue weighted by molar-refractivity contribution is -0.385. The molecule has 0 aromatic heterocycles. The fraction of sp³-hybridized carbons (Fsp3) is 0.250. The Labute approximate surface area is 133 Å². The second-order valence-corrected chi connectivity index (χ2v) is 5.69. The molecule has 1 aliphatic rings. The number of benzene rings is 2. The van der Waals surface area contributed by atoms with E-state index in [0.29, 0.717) is 17.1 Å². The van der Waals surface area contributed by atoms with Crippen LogP contribution >= 0.6 is 11.6 Å². The van der Waals surface area contributed by atoms with Crippen LogP contribution in [0, 0.1) is 10.1 Å². The van der Waals surface area contributed by atoms with Gasteiger partial charge in [-0.2, -0.15) is 0 Å². The van der Waals surface area contributed by atoms with Crippen molar-refractivity contribution in [1.29, 1.82) is 0 Å². The van der Waals surface area contributed by atoms with E-state index in [-0.39, 0.29) is 10.6 Å². The van der Waals surface area contributed by atoms with Gasteiger partial charge in [-0.05, 0) is 23.8 Å². The van der Waals surface area contributed by atoms with E-state index in [9.17, 15) is 10.1 Å². The Balaban J connectivity index is 1.96. The van der Waals surface area contributed by atoms with E-state index in [1.54, 1.807) is 12.1 Å². The van der Waals surface area contributed by atoms with E-state index in [1.165, 1.54) is 11.6 Å². The molecule has 114 valence electrons. The average Bonchev–Trinajstić information content (AvgIpc) is 2.70. The van der Waals surface area contributed by atoms with Crippen molar-refractivity contribution in [2.24, 2.45) is 0 Å². The van der Waals surface area contributed by atoms with Crippen LogP contribution in [-0.2, 0) is 13.1 Å². The van der Waals surface area contributed by atoms with Crippen LogP contribution in [0.3, 0.4) is 0 Å². The third-order valence-corrected chi connectivity index (χ3v) is 4.04. The Morgan fingerprint density at radius 1 is 1.27 bits per heavy atom. The van der Waals surface area contributed by atoms with Gasteiger partial charge in [-0.25, -0.2) is 0 Å². The highest BCUT2D eigenvalue weighted by molar-refractivity contribution is 6.30. The summed E-state index contributed by atoms with van der Waals surface area (Å²) in [5.74, 6) is 0. The van der Waals surface area contributed by atoms with Crippen molar-refractivity contribution < 1.29 is 4.92 Å². The summed E-state index contributed by atoms with van der Waals surface area (Å²) in [6.07, 6.45) is 0. The Hall–Kier alpha value is -2.11. The van der Waals surface area contributed by atoms with Crippen molar-refractivity contribution in [1.82, 2.24) is 5.32 Å². The third-order valence-electron chi connectivity index (χ3n) is 3.81. The Kier molecular flexibility index (Phi) is 4.27. The van der Waals surface area contributed by atoms with Gasteiger partial charge in [0.15, 0.2) is 0 Å².